The quantitative estimate of drug-likeness (QED) is 0.259. The SMILES string of the molecule is OC[NH+]1CC[NH+](CO)C2C1[NH+](CO)CC[NH+]2CO. The maximum atomic E-state index is 9.49. The van der Waals surface area contributed by atoms with Crippen LogP contribution in [0.5, 0.6) is 0 Å². The molecule has 8 heteroatoms. The fraction of sp³-hybridized carbons (Fsp3) is 1.00. The Morgan fingerprint density at radius 1 is 0.556 bits per heavy atom. The van der Waals surface area contributed by atoms with Crippen molar-refractivity contribution >= 4 is 0 Å². The van der Waals surface area contributed by atoms with E-state index in [4.69, 9.17) is 0 Å². The smallest absolute Gasteiger partial charge is 0.325 e. The van der Waals surface area contributed by atoms with E-state index in [0.29, 0.717) is 0 Å². The maximum absolute atomic E-state index is 9.49. The van der Waals surface area contributed by atoms with Gasteiger partial charge < -0.3 is 20.4 Å². The highest BCUT2D eigenvalue weighted by Gasteiger charge is 2.57. The van der Waals surface area contributed by atoms with E-state index in [1.54, 1.807) is 0 Å². The Labute approximate surface area is 106 Å². The number of rotatable bonds is 4. The first-order chi connectivity index (χ1) is 8.76. The number of quaternary nitrogens is 4. The molecule has 2 fully saturated rings. The summed E-state index contributed by atoms with van der Waals surface area (Å²) in [6.45, 7) is 3.21. The van der Waals surface area contributed by atoms with Crippen LogP contribution in [0.2, 0.25) is 0 Å². The predicted molar refractivity (Wildman–Crippen MR) is 59.2 cm³/mol. The van der Waals surface area contributed by atoms with Crippen molar-refractivity contribution in [1.82, 2.24) is 0 Å². The van der Waals surface area contributed by atoms with Gasteiger partial charge in [-0.05, 0) is 0 Å². The molecule has 2 rings (SSSR count). The molecule has 8 nitrogen and oxygen atoms in total. The third-order valence-electron chi connectivity index (χ3n) is 4.44. The summed E-state index contributed by atoms with van der Waals surface area (Å²) < 4.78 is 0. The average molecular weight is 266 g/mol. The van der Waals surface area contributed by atoms with Crippen molar-refractivity contribution in [3.63, 3.8) is 0 Å². The van der Waals surface area contributed by atoms with Gasteiger partial charge in [0, 0.05) is 0 Å². The highest BCUT2D eigenvalue weighted by Crippen LogP contribution is 1.79. The molecule has 0 amide bonds. The second-order valence-corrected chi connectivity index (χ2v) is 5.22. The highest BCUT2D eigenvalue weighted by molar-refractivity contribution is 4.53. The summed E-state index contributed by atoms with van der Waals surface area (Å²) in [7, 11) is 0. The number of aliphatic hydroxyl groups is 4. The van der Waals surface area contributed by atoms with Crippen molar-refractivity contribution in [3.8, 4) is 0 Å². The molecule has 4 unspecified atom stereocenters. The van der Waals surface area contributed by atoms with Crippen LogP contribution < -0.4 is 19.6 Å². The Bertz CT molecular complexity index is 220. The van der Waals surface area contributed by atoms with E-state index in [-0.39, 0.29) is 39.3 Å². The molecule has 4 atom stereocenters. The molecule has 0 bridgehead atoms. The first-order valence-electron chi connectivity index (χ1n) is 6.58. The predicted octanol–water partition coefficient (Wildman–Crippen LogP) is -9.00. The van der Waals surface area contributed by atoms with Gasteiger partial charge in [0.1, 0.15) is 26.2 Å². The van der Waals surface area contributed by atoms with Crippen molar-refractivity contribution in [2.45, 2.75) is 12.3 Å². The highest BCUT2D eigenvalue weighted by atomic mass is 16.3. The molecule has 8 N–H and O–H groups in total. The van der Waals surface area contributed by atoms with Crippen LogP contribution in [0, 0.1) is 0 Å². The van der Waals surface area contributed by atoms with E-state index >= 15 is 0 Å². The van der Waals surface area contributed by atoms with Gasteiger partial charge >= 0.3 is 12.3 Å². The summed E-state index contributed by atoms with van der Waals surface area (Å²) in [4.78, 5) is 4.14. The number of aliphatic hydroxyl groups excluding tert-OH is 4. The van der Waals surface area contributed by atoms with Gasteiger partial charge in [0.05, 0.1) is 0 Å². The lowest BCUT2D eigenvalue weighted by Crippen LogP contribution is -3.55. The molecule has 0 spiro atoms. The average Bonchev–Trinajstić information content (AvgIpc) is 2.44. The molecule has 0 aromatic carbocycles. The van der Waals surface area contributed by atoms with Gasteiger partial charge in [0.2, 0.25) is 0 Å². The van der Waals surface area contributed by atoms with Crippen LogP contribution in [0.3, 0.4) is 0 Å². The fourth-order valence-corrected chi connectivity index (χ4v) is 3.49. The van der Waals surface area contributed by atoms with E-state index in [0.717, 1.165) is 45.8 Å². The van der Waals surface area contributed by atoms with E-state index in [9.17, 15) is 20.4 Å². The third-order valence-corrected chi connectivity index (χ3v) is 4.44. The van der Waals surface area contributed by atoms with Crippen molar-refractivity contribution in [2.24, 2.45) is 0 Å². The van der Waals surface area contributed by atoms with Crippen molar-refractivity contribution in [3.05, 3.63) is 0 Å². The van der Waals surface area contributed by atoms with E-state index < -0.39 is 0 Å². The Balaban J connectivity index is 2.24. The molecule has 18 heavy (non-hydrogen) atoms. The largest absolute Gasteiger partial charge is 0.347 e. The third kappa shape index (κ3) is 2.38. The van der Waals surface area contributed by atoms with Gasteiger partial charge in [0.15, 0.2) is 26.9 Å². The molecule has 0 aliphatic carbocycles. The summed E-state index contributed by atoms with van der Waals surface area (Å²) in [6, 6.07) is 0. The number of hydrogen-bond acceptors (Lipinski definition) is 4. The molecule has 0 radical (unpaired) electrons. The number of fused-ring (bicyclic) bond motifs is 1. The van der Waals surface area contributed by atoms with E-state index in [2.05, 4.69) is 0 Å². The van der Waals surface area contributed by atoms with Crippen LogP contribution in [0.1, 0.15) is 0 Å². The van der Waals surface area contributed by atoms with E-state index in [1.807, 2.05) is 0 Å². The fourth-order valence-electron chi connectivity index (χ4n) is 3.49. The second-order valence-electron chi connectivity index (χ2n) is 5.22. The van der Waals surface area contributed by atoms with Gasteiger partial charge in [-0.15, -0.1) is 0 Å². The molecular formula is C10H26N4O4+4. The molecule has 2 saturated heterocycles. The van der Waals surface area contributed by atoms with Crippen LogP contribution in [0.25, 0.3) is 0 Å². The summed E-state index contributed by atoms with van der Waals surface area (Å²) in [5.74, 6) is 0. The van der Waals surface area contributed by atoms with Gasteiger partial charge in [-0.25, -0.2) is 19.6 Å². The van der Waals surface area contributed by atoms with Crippen molar-refractivity contribution in [1.29, 1.82) is 0 Å². The number of hydrogen-bond donors (Lipinski definition) is 8. The molecule has 2 aliphatic heterocycles. The molecule has 2 heterocycles. The zero-order chi connectivity index (χ0) is 13.1. The second kappa shape index (κ2) is 6.22. The maximum Gasteiger partial charge on any atom is 0.325 e. The summed E-state index contributed by atoms with van der Waals surface area (Å²) in [5, 5.41) is 37.9. The van der Waals surface area contributed by atoms with Crippen LogP contribution in [0.4, 0.5) is 0 Å². The van der Waals surface area contributed by atoms with Gasteiger partial charge in [-0.1, -0.05) is 0 Å². The van der Waals surface area contributed by atoms with Gasteiger partial charge in [0.25, 0.3) is 0 Å². The molecule has 0 aromatic rings. The zero-order valence-electron chi connectivity index (χ0n) is 10.6. The van der Waals surface area contributed by atoms with Crippen molar-refractivity contribution < 1.29 is 40.0 Å². The Morgan fingerprint density at radius 3 is 0.944 bits per heavy atom. The van der Waals surface area contributed by atoms with Gasteiger partial charge in [-0.2, -0.15) is 0 Å². The van der Waals surface area contributed by atoms with Crippen LogP contribution >= 0.6 is 0 Å². The molecule has 2 aliphatic rings. The Hall–Kier alpha value is -0.320. The minimum Gasteiger partial charge on any atom is -0.347 e. The first kappa shape index (κ1) is 14.1. The van der Waals surface area contributed by atoms with E-state index in [1.165, 1.54) is 0 Å². The standard InChI is InChI=1S/C10H22N4O4/c15-5-11-1-2-12(6-16)10-9(11)13(7-17)3-4-14(10)8-18/h9-10,15-18H,1-8H2/p+4. The Kier molecular flexibility index (Phi) is 4.87. The van der Waals surface area contributed by atoms with Crippen LogP contribution in [-0.2, 0) is 0 Å². The molecule has 0 aromatic heterocycles. The number of nitrogens with one attached hydrogen (secondary N) is 4. The summed E-state index contributed by atoms with van der Waals surface area (Å²) >= 11 is 0. The normalized spacial score (nSPS) is 44.7. The minimum atomic E-state index is 0.0202. The first-order valence-corrected chi connectivity index (χ1v) is 6.58. The summed E-state index contributed by atoms with van der Waals surface area (Å²) in [5.41, 5.74) is 0. The van der Waals surface area contributed by atoms with Crippen LogP contribution in [0.15, 0.2) is 0 Å². The van der Waals surface area contributed by atoms with Gasteiger partial charge in [-0.3, -0.25) is 0 Å². The molecule has 0 saturated carbocycles. The topological polar surface area (TPSA) is 98.7 Å². The number of piperazine rings is 2. The van der Waals surface area contributed by atoms with Crippen molar-refractivity contribution in [2.75, 3.05) is 53.1 Å². The lowest BCUT2D eigenvalue weighted by atomic mass is 10.1. The monoisotopic (exact) mass is 266 g/mol. The lowest BCUT2D eigenvalue weighted by molar-refractivity contribution is -1.28. The zero-order valence-corrected chi connectivity index (χ0v) is 10.6. The minimum absolute atomic E-state index is 0.0202. The summed E-state index contributed by atoms with van der Waals surface area (Å²) in [6.07, 6.45) is 0.0404. The molecule has 106 valence electrons. The Morgan fingerprint density at radius 2 is 0.778 bits per heavy atom. The lowest BCUT2D eigenvalue weighted by Gasteiger charge is -2.46. The molecular weight excluding hydrogens is 240 g/mol. The van der Waals surface area contributed by atoms with Crippen LogP contribution in [-0.4, -0.2) is 85.9 Å².